The van der Waals surface area contributed by atoms with E-state index in [4.69, 9.17) is 4.42 Å². The first-order chi connectivity index (χ1) is 13.6. The van der Waals surface area contributed by atoms with Crippen LogP contribution in [0.3, 0.4) is 0 Å². The first kappa shape index (κ1) is 18.1. The Kier molecular flexibility index (Phi) is 5.02. The Hall–Kier alpha value is -3.27. The van der Waals surface area contributed by atoms with E-state index in [1.54, 1.807) is 0 Å². The largest absolute Gasteiger partial charge is 0.460 e. The van der Waals surface area contributed by atoms with Gasteiger partial charge in [-0.25, -0.2) is 0 Å². The highest BCUT2D eigenvalue weighted by Crippen LogP contribution is 2.25. The molecule has 0 spiro atoms. The van der Waals surface area contributed by atoms with Gasteiger partial charge in [0.2, 0.25) is 0 Å². The molecule has 1 amide bonds. The number of hydrogen-bond acceptors (Lipinski definition) is 2. The van der Waals surface area contributed by atoms with E-state index in [1.807, 2.05) is 47.9 Å². The van der Waals surface area contributed by atoms with Crippen LogP contribution in [0, 0.1) is 13.8 Å². The van der Waals surface area contributed by atoms with Crippen LogP contribution in [0.1, 0.15) is 32.9 Å². The van der Waals surface area contributed by atoms with Crippen LogP contribution >= 0.6 is 0 Å². The molecule has 28 heavy (non-hydrogen) atoms. The first-order valence-electron chi connectivity index (χ1n) is 9.57. The van der Waals surface area contributed by atoms with Gasteiger partial charge in [-0.2, -0.15) is 0 Å². The zero-order valence-corrected chi connectivity index (χ0v) is 16.2. The number of aryl methyl sites for hydroxylation is 2. The number of furan rings is 1. The fourth-order valence-electron chi connectivity index (χ4n) is 3.57. The van der Waals surface area contributed by atoms with Gasteiger partial charge in [0.15, 0.2) is 5.58 Å². The van der Waals surface area contributed by atoms with Gasteiger partial charge in [0, 0.05) is 25.2 Å². The molecule has 0 saturated heterocycles. The highest BCUT2D eigenvalue weighted by Gasteiger charge is 2.18. The summed E-state index contributed by atoms with van der Waals surface area (Å²) in [6, 6.07) is 22.4. The zero-order chi connectivity index (χ0) is 19.5. The molecule has 2 aromatic carbocycles. The average Bonchev–Trinajstić information content (AvgIpc) is 3.20. The molecule has 2 heterocycles. The summed E-state index contributed by atoms with van der Waals surface area (Å²) in [5.74, 6) is 0.770. The van der Waals surface area contributed by atoms with Gasteiger partial charge in [-0.3, -0.25) is 4.79 Å². The van der Waals surface area contributed by atoms with Gasteiger partial charge >= 0.3 is 0 Å². The molecule has 0 radical (unpaired) electrons. The third-order valence-corrected chi connectivity index (χ3v) is 4.91. The summed E-state index contributed by atoms with van der Waals surface area (Å²) in [6.45, 7) is 5.23. The Morgan fingerprint density at radius 2 is 1.75 bits per heavy atom. The van der Waals surface area contributed by atoms with Crippen LogP contribution in [0.25, 0.3) is 11.1 Å². The number of benzene rings is 2. The maximum Gasteiger partial charge on any atom is 0.268 e. The van der Waals surface area contributed by atoms with Crippen molar-refractivity contribution in [2.75, 3.05) is 6.54 Å². The number of hydrogen-bond donors (Lipinski definition) is 1. The van der Waals surface area contributed by atoms with Crippen molar-refractivity contribution < 1.29 is 9.21 Å². The molecule has 2 aromatic heterocycles. The smallest absolute Gasteiger partial charge is 0.268 e. The summed E-state index contributed by atoms with van der Waals surface area (Å²) in [7, 11) is 0. The van der Waals surface area contributed by atoms with E-state index in [0.29, 0.717) is 18.8 Å². The Morgan fingerprint density at radius 1 is 0.964 bits per heavy atom. The topological polar surface area (TPSA) is 47.2 Å². The molecule has 4 nitrogen and oxygen atoms in total. The molecule has 0 aliphatic rings. The molecule has 1 N–H and O–H groups in total. The van der Waals surface area contributed by atoms with E-state index in [0.717, 1.165) is 28.8 Å². The minimum Gasteiger partial charge on any atom is -0.460 e. The lowest BCUT2D eigenvalue weighted by Crippen LogP contribution is -2.28. The predicted molar refractivity (Wildman–Crippen MR) is 112 cm³/mol. The number of rotatable bonds is 6. The van der Waals surface area contributed by atoms with Crippen LogP contribution in [0.5, 0.6) is 0 Å². The molecule has 4 heteroatoms. The average molecular weight is 372 g/mol. The zero-order valence-electron chi connectivity index (χ0n) is 16.2. The van der Waals surface area contributed by atoms with Crippen molar-refractivity contribution in [2.24, 2.45) is 0 Å². The number of nitrogens with one attached hydrogen (secondary N) is 1. The van der Waals surface area contributed by atoms with Crippen LogP contribution < -0.4 is 5.32 Å². The minimum absolute atomic E-state index is 0.0763. The molecule has 0 aliphatic carbocycles. The molecule has 0 atom stereocenters. The standard InChI is InChI=1S/C24H24N2O2/c1-17-7-6-10-20(13-17)16-26-21-14-18(2)28-23(21)15-22(26)24(27)25-12-11-19-8-4-3-5-9-19/h3-10,13-15H,11-12,16H2,1-2H3,(H,25,27). The molecule has 0 aliphatic heterocycles. The fourth-order valence-corrected chi connectivity index (χ4v) is 3.57. The van der Waals surface area contributed by atoms with E-state index in [1.165, 1.54) is 11.1 Å². The van der Waals surface area contributed by atoms with E-state index < -0.39 is 0 Å². The van der Waals surface area contributed by atoms with Crippen molar-refractivity contribution in [3.8, 4) is 0 Å². The summed E-state index contributed by atoms with van der Waals surface area (Å²) in [5.41, 5.74) is 5.91. The van der Waals surface area contributed by atoms with Crippen LogP contribution in [0.15, 0.2) is 71.1 Å². The van der Waals surface area contributed by atoms with Crippen molar-refractivity contribution in [1.82, 2.24) is 9.88 Å². The van der Waals surface area contributed by atoms with E-state index in [2.05, 4.69) is 42.6 Å². The summed E-state index contributed by atoms with van der Waals surface area (Å²) in [4.78, 5) is 12.9. The second-order valence-electron chi connectivity index (χ2n) is 7.20. The van der Waals surface area contributed by atoms with Crippen LogP contribution in [0.2, 0.25) is 0 Å². The third kappa shape index (κ3) is 3.86. The second-order valence-corrected chi connectivity index (χ2v) is 7.20. The summed E-state index contributed by atoms with van der Waals surface area (Å²) in [6.07, 6.45) is 0.806. The molecule has 0 fully saturated rings. The quantitative estimate of drug-likeness (QED) is 0.525. The maximum absolute atomic E-state index is 12.9. The van der Waals surface area contributed by atoms with Gasteiger partial charge in [-0.05, 0) is 31.4 Å². The fraction of sp³-hybridized carbons (Fsp3) is 0.208. The minimum atomic E-state index is -0.0763. The van der Waals surface area contributed by atoms with E-state index in [-0.39, 0.29) is 5.91 Å². The SMILES string of the molecule is Cc1cccc(Cn2c(C(=O)NCCc3ccccc3)cc3oc(C)cc32)c1. The molecule has 0 bridgehead atoms. The number of aromatic nitrogens is 1. The lowest BCUT2D eigenvalue weighted by atomic mass is 10.1. The van der Waals surface area contributed by atoms with Crippen LogP contribution in [0.4, 0.5) is 0 Å². The summed E-state index contributed by atoms with van der Waals surface area (Å²) in [5, 5.41) is 3.05. The van der Waals surface area contributed by atoms with Gasteiger partial charge in [0.05, 0.1) is 5.52 Å². The molecule has 0 saturated carbocycles. The van der Waals surface area contributed by atoms with Crippen molar-refractivity contribution in [3.05, 3.63) is 94.9 Å². The lowest BCUT2D eigenvalue weighted by Gasteiger charge is -2.11. The normalized spacial score (nSPS) is 11.1. The van der Waals surface area contributed by atoms with Crippen molar-refractivity contribution in [2.45, 2.75) is 26.8 Å². The maximum atomic E-state index is 12.9. The van der Waals surface area contributed by atoms with Gasteiger partial charge in [-0.1, -0.05) is 60.2 Å². The molecular weight excluding hydrogens is 348 g/mol. The van der Waals surface area contributed by atoms with Gasteiger partial charge < -0.3 is 14.3 Å². The molecular formula is C24H24N2O2. The molecule has 0 unspecified atom stereocenters. The van der Waals surface area contributed by atoms with Gasteiger partial charge in [0.25, 0.3) is 5.91 Å². The molecule has 142 valence electrons. The number of carbonyl (C=O) groups is 1. The number of fused-ring (bicyclic) bond motifs is 1. The molecule has 4 rings (SSSR count). The van der Waals surface area contributed by atoms with E-state index >= 15 is 0 Å². The molecule has 4 aromatic rings. The summed E-state index contributed by atoms with van der Waals surface area (Å²) >= 11 is 0. The Labute approximate surface area is 164 Å². The second kappa shape index (κ2) is 7.77. The number of amides is 1. The van der Waals surface area contributed by atoms with E-state index in [9.17, 15) is 4.79 Å². The monoisotopic (exact) mass is 372 g/mol. The number of nitrogens with zero attached hydrogens (tertiary/aromatic N) is 1. The predicted octanol–water partition coefficient (Wildman–Crippen LogP) is 4.87. The van der Waals surface area contributed by atoms with Gasteiger partial charge in [0.1, 0.15) is 11.5 Å². The highest BCUT2D eigenvalue weighted by atomic mass is 16.3. The Morgan fingerprint density at radius 3 is 2.54 bits per heavy atom. The lowest BCUT2D eigenvalue weighted by molar-refractivity contribution is 0.0945. The Balaban J connectivity index is 1.57. The van der Waals surface area contributed by atoms with Gasteiger partial charge in [-0.15, -0.1) is 0 Å². The Bertz CT molecular complexity index is 1110. The van der Waals surface area contributed by atoms with Crippen molar-refractivity contribution in [1.29, 1.82) is 0 Å². The highest BCUT2D eigenvalue weighted by molar-refractivity contribution is 5.97. The number of carbonyl (C=O) groups excluding carboxylic acids is 1. The van der Waals surface area contributed by atoms with Crippen LogP contribution in [-0.2, 0) is 13.0 Å². The third-order valence-electron chi connectivity index (χ3n) is 4.91. The first-order valence-corrected chi connectivity index (χ1v) is 9.57. The van der Waals surface area contributed by atoms with Crippen molar-refractivity contribution >= 4 is 17.0 Å². The van der Waals surface area contributed by atoms with Crippen LogP contribution in [-0.4, -0.2) is 17.0 Å². The summed E-state index contributed by atoms with van der Waals surface area (Å²) < 4.78 is 7.81. The van der Waals surface area contributed by atoms with Crippen molar-refractivity contribution in [3.63, 3.8) is 0 Å².